The first kappa shape index (κ1) is 21.8. The average molecular weight is 455 g/mol. The molecule has 1 aliphatic carbocycles. The first-order valence-electron chi connectivity index (χ1n) is 10.3. The number of nitrogens with zero attached hydrogens (tertiary/aromatic N) is 3. The number of ether oxygens (including phenoxy) is 1. The van der Waals surface area contributed by atoms with Crippen LogP contribution in [0.5, 0.6) is 0 Å². The molecule has 0 bridgehead atoms. The molecule has 0 N–H and O–H groups in total. The number of esters is 1. The van der Waals surface area contributed by atoms with Gasteiger partial charge in [0.2, 0.25) is 0 Å². The SMILES string of the molecule is Cc1c(C(=O)OC2CCCCC2)sc2ncn(CC(=O)c3cccc([N+](=O)[O-])c3)c(=O)c12. The number of aromatic nitrogens is 2. The lowest BCUT2D eigenvalue weighted by Gasteiger charge is -2.21. The number of thiophene rings is 1. The number of fused-ring (bicyclic) bond motifs is 1. The van der Waals surface area contributed by atoms with Gasteiger partial charge in [0.1, 0.15) is 15.8 Å². The Labute approximate surface area is 186 Å². The Hall–Kier alpha value is -3.40. The zero-order chi connectivity index (χ0) is 22.8. The van der Waals surface area contributed by atoms with Crippen LogP contribution in [0.3, 0.4) is 0 Å². The zero-order valence-corrected chi connectivity index (χ0v) is 18.2. The Morgan fingerprint density at radius 1 is 1.28 bits per heavy atom. The molecule has 9 nitrogen and oxygen atoms in total. The topological polar surface area (TPSA) is 121 Å². The van der Waals surface area contributed by atoms with Crippen molar-refractivity contribution in [2.75, 3.05) is 0 Å². The number of nitro groups is 1. The van der Waals surface area contributed by atoms with E-state index in [0.29, 0.717) is 15.3 Å². The quantitative estimate of drug-likeness (QED) is 0.238. The minimum absolute atomic E-state index is 0.0990. The van der Waals surface area contributed by atoms with Gasteiger partial charge in [-0.25, -0.2) is 9.78 Å². The van der Waals surface area contributed by atoms with Crippen LogP contribution in [0.15, 0.2) is 35.4 Å². The van der Waals surface area contributed by atoms with Gasteiger partial charge in [-0.3, -0.25) is 24.3 Å². The van der Waals surface area contributed by atoms with E-state index in [-0.39, 0.29) is 29.3 Å². The minimum Gasteiger partial charge on any atom is -0.458 e. The van der Waals surface area contributed by atoms with Gasteiger partial charge >= 0.3 is 5.97 Å². The molecule has 1 aliphatic rings. The number of carbonyl (C=O) groups excluding carboxylic acids is 2. The molecule has 32 heavy (non-hydrogen) atoms. The molecule has 0 unspecified atom stereocenters. The number of hydrogen-bond donors (Lipinski definition) is 0. The van der Waals surface area contributed by atoms with Crippen LogP contribution in [0.2, 0.25) is 0 Å². The number of carbonyl (C=O) groups is 2. The maximum absolute atomic E-state index is 13.0. The highest BCUT2D eigenvalue weighted by Crippen LogP contribution is 2.29. The van der Waals surface area contributed by atoms with Crippen LogP contribution < -0.4 is 5.56 Å². The van der Waals surface area contributed by atoms with E-state index in [1.165, 1.54) is 30.6 Å². The Morgan fingerprint density at radius 3 is 2.75 bits per heavy atom. The summed E-state index contributed by atoms with van der Waals surface area (Å²) in [5.41, 5.74) is -0.0312. The van der Waals surface area contributed by atoms with Gasteiger partial charge in [0, 0.05) is 17.7 Å². The van der Waals surface area contributed by atoms with Crippen LogP contribution in [0, 0.1) is 17.0 Å². The number of ketones is 1. The number of nitro benzene ring substituents is 1. The predicted molar refractivity (Wildman–Crippen MR) is 118 cm³/mol. The Morgan fingerprint density at radius 2 is 2.03 bits per heavy atom. The summed E-state index contributed by atoms with van der Waals surface area (Å²) in [5.74, 6) is -0.905. The Kier molecular flexibility index (Phi) is 6.13. The first-order valence-corrected chi connectivity index (χ1v) is 11.1. The molecule has 3 aromatic rings. The van der Waals surface area contributed by atoms with Crippen LogP contribution >= 0.6 is 11.3 Å². The van der Waals surface area contributed by atoms with Crippen molar-refractivity contribution in [3.05, 3.63) is 67.1 Å². The highest BCUT2D eigenvalue weighted by atomic mass is 32.1. The summed E-state index contributed by atoms with van der Waals surface area (Å²) in [5, 5.41) is 11.2. The van der Waals surface area contributed by atoms with Crippen LogP contribution in [-0.4, -0.2) is 32.3 Å². The van der Waals surface area contributed by atoms with Gasteiger partial charge in [-0.05, 0) is 38.2 Å². The second-order valence-corrected chi connectivity index (χ2v) is 8.81. The van der Waals surface area contributed by atoms with Crippen molar-refractivity contribution in [2.45, 2.75) is 51.7 Å². The molecule has 1 aromatic carbocycles. The monoisotopic (exact) mass is 455 g/mol. The van der Waals surface area contributed by atoms with Gasteiger partial charge in [0.15, 0.2) is 5.78 Å². The van der Waals surface area contributed by atoms with E-state index in [1.807, 2.05) is 0 Å². The van der Waals surface area contributed by atoms with E-state index in [1.54, 1.807) is 6.92 Å². The maximum Gasteiger partial charge on any atom is 0.348 e. The minimum atomic E-state index is -0.584. The van der Waals surface area contributed by atoms with Gasteiger partial charge in [-0.1, -0.05) is 18.6 Å². The first-order chi connectivity index (χ1) is 15.3. The lowest BCUT2D eigenvalue weighted by atomic mass is 9.98. The third-order valence-corrected chi connectivity index (χ3v) is 6.80. The van der Waals surface area contributed by atoms with E-state index < -0.39 is 22.2 Å². The summed E-state index contributed by atoms with van der Waals surface area (Å²) in [6, 6.07) is 5.35. The fraction of sp³-hybridized carbons (Fsp3) is 0.364. The molecule has 0 radical (unpaired) electrons. The summed E-state index contributed by atoms with van der Waals surface area (Å²) >= 11 is 1.10. The molecule has 0 aliphatic heterocycles. The summed E-state index contributed by atoms with van der Waals surface area (Å²) in [6.07, 6.45) is 6.07. The molecule has 0 atom stereocenters. The molecule has 166 valence electrons. The average Bonchev–Trinajstić information content (AvgIpc) is 3.13. The second kappa shape index (κ2) is 8.99. The van der Waals surface area contributed by atoms with Gasteiger partial charge in [-0.15, -0.1) is 11.3 Å². The second-order valence-electron chi connectivity index (χ2n) is 7.81. The fourth-order valence-electron chi connectivity index (χ4n) is 3.89. The van der Waals surface area contributed by atoms with Crippen molar-refractivity contribution >= 4 is 39.0 Å². The van der Waals surface area contributed by atoms with Crippen molar-refractivity contribution in [1.82, 2.24) is 9.55 Å². The van der Waals surface area contributed by atoms with Crippen molar-refractivity contribution in [1.29, 1.82) is 0 Å². The summed E-state index contributed by atoms with van der Waals surface area (Å²) < 4.78 is 6.79. The van der Waals surface area contributed by atoms with E-state index in [0.717, 1.165) is 48.0 Å². The molecule has 1 saturated carbocycles. The Bertz CT molecular complexity index is 1270. The van der Waals surface area contributed by atoms with Crippen LogP contribution in [0.25, 0.3) is 10.2 Å². The van der Waals surface area contributed by atoms with Crippen molar-refractivity contribution in [3.8, 4) is 0 Å². The van der Waals surface area contributed by atoms with E-state index in [2.05, 4.69) is 4.98 Å². The van der Waals surface area contributed by atoms with Crippen molar-refractivity contribution in [2.24, 2.45) is 0 Å². The number of rotatable bonds is 6. The van der Waals surface area contributed by atoms with Gasteiger partial charge < -0.3 is 4.74 Å². The molecule has 0 saturated heterocycles. The van der Waals surface area contributed by atoms with Crippen LogP contribution in [0.1, 0.15) is 57.7 Å². The molecule has 0 spiro atoms. The molecule has 1 fully saturated rings. The number of Topliss-reactive ketones (excluding diaryl/α,β-unsaturated/α-hetero) is 1. The number of hydrogen-bond acceptors (Lipinski definition) is 8. The molecular weight excluding hydrogens is 434 g/mol. The lowest BCUT2D eigenvalue weighted by Crippen LogP contribution is -2.25. The summed E-state index contributed by atoms with van der Waals surface area (Å²) in [4.78, 5) is 53.7. The van der Waals surface area contributed by atoms with E-state index >= 15 is 0 Å². The third-order valence-electron chi connectivity index (χ3n) is 5.62. The zero-order valence-electron chi connectivity index (χ0n) is 17.4. The van der Waals surface area contributed by atoms with Crippen LogP contribution in [0.4, 0.5) is 5.69 Å². The summed E-state index contributed by atoms with van der Waals surface area (Å²) in [7, 11) is 0. The summed E-state index contributed by atoms with van der Waals surface area (Å²) in [6.45, 7) is 1.35. The van der Waals surface area contributed by atoms with Crippen molar-refractivity contribution < 1.29 is 19.2 Å². The van der Waals surface area contributed by atoms with Crippen LogP contribution in [-0.2, 0) is 11.3 Å². The largest absolute Gasteiger partial charge is 0.458 e. The van der Waals surface area contributed by atoms with E-state index in [9.17, 15) is 24.5 Å². The van der Waals surface area contributed by atoms with E-state index in [4.69, 9.17) is 4.74 Å². The molecule has 10 heteroatoms. The molecule has 2 heterocycles. The molecule has 2 aromatic heterocycles. The predicted octanol–water partition coefficient (Wildman–Crippen LogP) is 4.05. The highest BCUT2D eigenvalue weighted by Gasteiger charge is 2.24. The molecule has 4 rings (SSSR count). The normalized spacial score (nSPS) is 14.4. The fourth-order valence-corrected chi connectivity index (χ4v) is 4.92. The Balaban J connectivity index is 1.60. The number of benzene rings is 1. The van der Waals surface area contributed by atoms with Gasteiger partial charge in [-0.2, -0.15) is 0 Å². The van der Waals surface area contributed by atoms with Crippen molar-refractivity contribution in [3.63, 3.8) is 0 Å². The highest BCUT2D eigenvalue weighted by molar-refractivity contribution is 7.20. The maximum atomic E-state index is 13.0. The third kappa shape index (κ3) is 4.31. The number of non-ortho nitro benzene ring substituents is 1. The smallest absolute Gasteiger partial charge is 0.348 e. The lowest BCUT2D eigenvalue weighted by molar-refractivity contribution is -0.384. The molecule has 0 amide bonds. The van der Waals surface area contributed by atoms with Gasteiger partial charge in [0.25, 0.3) is 11.2 Å². The number of aryl methyl sites for hydroxylation is 1. The van der Waals surface area contributed by atoms with Gasteiger partial charge in [0.05, 0.1) is 23.2 Å². The molecular formula is C22H21N3O6S. The standard InChI is InChI=1S/C22H21N3O6S/c1-13-18-20(32-19(13)22(28)31-16-8-3-2-4-9-16)23-12-24(21(18)27)11-17(26)14-6-5-7-15(10-14)25(29)30/h5-7,10,12,16H,2-4,8-9,11H2,1H3.